The Labute approximate surface area is 94.9 Å². The summed E-state index contributed by atoms with van der Waals surface area (Å²) < 4.78 is 0. The van der Waals surface area contributed by atoms with Crippen LogP contribution < -0.4 is 4.90 Å². The molecule has 1 saturated heterocycles. The Morgan fingerprint density at radius 3 is 3.06 bits per heavy atom. The van der Waals surface area contributed by atoms with E-state index in [0.717, 1.165) is 12.2 Å². The molecule has 1 aliphatic heterocycles. The summed E-state index contributed by atoms with van der Waals surface area (Å²) in [4.78, 5) is 16.9. The first-order valence-corrected chi connectivity index (χ1v) is 5.64. The van der Waals surface area contributed by atoms with Gasteiger partial charge in [-0.15, -0.1) is 0 Å². The lowest BCUT2D eigenvalue weighted by molar-refractivity contribution is 0.0690. The van der Waals surface area contributed by atoms with E-state index >= 15 is 0 Å². The number of hydrogen-bond acceptors (Lipinski definition) is 3. The van der Waals surface area contributed by atoms with E-state index in [1.807, 2.05) is 6.07 Å². The standard InChI is InChI=1S/C12H16N2O2/c1-9-4-2-3-7-14(9)10-5-6-13-11(8-10)12(15)16/h5-6,8-9H,2-4,7H2,1H3,(H,15,16). The summed E-state index contributed by atoms with van der Waals surface area (Å²) in [7, 11) is 0. The molecule has 0 radical (unpaired) electrons. The SMILES string of the molecule is CC1CCCCN1c1ccnc(C(=O)O)c1. The highest BCUT2D eigenvalue weighted by Gasteiger charge is 2.19. The second-order valence-electron chi connectivity index (χ2n) is 4.24. The monoisotopic (exact) mass is 220 g/mol. The van der Waals surface area contributed by atoms with E-state index in [-0.39, 0.29) is 5.69 Å². The average Bonchev–Trinajstić information content (AvgIpc) is 2.30. The van der Waals surface area contributed by atoms with E-state index in [2.05, 4.69) is 16.8 Å². The van der Waals surface area contributed by atoms with Crippen LogP contribution in [0.25, 0.3) is 0 Å². The number of nitrogens with zero attached hydrogens (tertiary/aromatic N) is 2. The molecule has 0 aromatic carbocycles. The lowest BCUT2D eigenvalue weighted by atomic mass is 10.0. The highest BCUT2D eigenvalue weighted by Crippen LogP contribution is 2.24. The Bertz CT molecular complexity index is 392. The quantitative estimate of drug-likeness (QED) is 0.829. The fourth-order valence-electron chi connectivity index (χ4n) is 2.20. The molecule has 1 N–H and O–H groups in total. The molecule has 1 unspecified atom stereocenters. The highest BCUT2D eigenvalue weighted by molar-refractivity contribution is 5.86. The molecular weight excluding hydrogens is 204 g/mol. The smallest absolute Gasteiger partial charge is 0.354 e. The molecule has 4 nitrogen and oxygen atoms in total. The molecule has 2 rings (SSSR count). The molecular formula is C12H16N2O2. The van der Waals surface area contributed by atoms with Crippen molar-refractivity contribution >= 4 is 11.7 Å². The molecule has 1 aromatic heterocycles. The average molecular weight is 220 g/mol. The maximum atomic E-state index is 10.8. The summed E-state index contributed by atoms with van der Waals surface area (Å²) in [5, 5.41) is 8.89. The van der Waals surface area contributed by atoms with Crippen LogP contribution in [0.2, 0.25) is 0 Å². The lowest BCUT2D eigenvalue weighted by Gasteiger charge is -2.35. The number of rotatable bonds is 2. The lowest BCUT2D eigenvalue weighted by Crippen LogP contribution is -2.37. The summed E-state index contributed by atoms with van der Waals surface area (Å²) >= 11 is 0. The minimum Gasteiger partial charge on any atom is -0.477 e. The van der Waals surface area contributed by atoms with Crippen LogP contribution in [0.15, 0.2) is 18.3 Å². The van der Waals surface area contributed by atoms with Crippen molar-refractivity contribution in [1.29, 1.82) is 0 Å². The van der Waals surface area contributed by atoms with Crippen LogP contribution in [-0.4, -0.2) is 28.6 Å². The Balaban J connectivity index is 2.25. The maximum Gasteiger partial charge on any atom is 0.354 e. The molecule has 1 aromatic rings. The number of pyridine rings is 1. The predicted molar refractivity (Wildman–Crippen MR) is 61.9 cm³/mol. The molecule has 4 heteroatoms. The van der Waals surface area contributed by atoms with Gasteiger partial charge in [-0.25, -0.2) is 9.78 Å². The van der Waals surface area contributed by atoms with Crippen LogP contribution in [0.3, 0.4) is 0 Å². The summed E-state index contributed by atoms with van der Waals surface area (Å²) in [5.41, 5.74) is 1.09. The number of piperidine rings is 1. The van der Waals surface area contributed by atoms with Crippen molar-refractivity contribution < 1.29 is 9.90 Å². The Hall–Kier alpha value is -1.58. The van der Waals surface area contributed by atoms with Gasteiger partial charge in [-0.05, 0) is 38.3 Å². The Kier molecular flexibility index (Phi) is 3.08. The minimum absolute atomic E-state index is 0.121. The number of aromatic nitrogens is 1. The maximum absolute atomic E-state index is 10.8. The third-order valence-corrected chi connectivity index (χ3v) is 3.10. The third kappa shape index (κ3) is 2.15. The van der Waals surface area contributed by atoms with E-state index in [0.29, 0.717) is 6.04 Å². The van der Waals surface area contributed by atoms with Crippen molar-refractivity contribution in [3.63, 3.8) is 0 Å². The molecule has 0 spiro atoms. The second-order valence-corrected chi connectivity index (χ2v) is 4.24. The number of aromatic carboxylic acids is 1. The fourth-order valence-corrected chi connectivity index (χ4v) is 2.20. The van der Waals surface area contributed by atoms with E-state index in [9.17, 15) is 4.79 Å². The normalized spacial score (nSPS) is 20.8. The van der Waals surface area contributed by atoms with E-state index in [1.165, 1.54) is 19.3 Å². The summed E-state index contributed by atoms with van der Waals surface area (Å²) in [6.45, 7) is 3.18. The van der Waals surface area contributed by atoms with Crippen molar-refractivity contribution in [2.75, 3.05) is 11.4 Å². The van der Waals surface area contributed by atoms with Gasteiger partial charge in [0.2, 0.25) is 0 Å². The first kappa shape index (κ1) is 10.9. The molecule has 0 amide bonds. The molecule has 16 heavy (non-hydrogen) atoms. The molecule has 0 aliphatic carbocycles. The van der Waals surface area contributed by atoms with Crippen LogP contribution in [-0.2, 0) is 0 Å². The molecule has 0 saturated carbocycles. The Morgan fingerprint density at radius 1 is 1.56 bits per heavy atom. The third-order valence-electron chi connectivity index (χ3n) is 3.10. The van der Waals surface area contributed by atoms with Gasteiger partial charge in [-0.2, -0.15) is 0 Å². The van der Waals surface area contributed by atoms with Crippen molar-refractivity contribution in [2.24, 2.45) is 0 Å². The summed E-state index contributed by atoms with van der Waals surface area (Å²) in [6, 6.07) is 4.02. The molecule has 1 atom stereocenters. The molecule has 1 fully saturated rings. The van der Waals surface area contributed by atoms with Gasteiger partial charge >= 0.3 is 5.97 Å². The van der Waals surface area contributed by atoms with Crippen molar-refractivity contribution in [3.8, 4) is 0 Å². The largest absolute Gasteiger partial charge is 0.477 e. The number of carboxylic acid groups (broad SMARTS) is 1. The molecule has 1 aliphatic rings. The number of carboxylic acids is 1. The second kappa shape index (κ2) is 4.51. The van der Waals surface area contributed by atoms with Gasteiger partial charge in [0.05, 0.1) is 0 Å². The van der Waals surface area contributed by atoms with Crippen LogP contribution >= 0.6 is 0 Å². The van der Waals surface area contributed by atoms with E-state index < -0.39 is 5.97 Å². The number of carbonyl (C=O) groups is 1. The summed E-state index contributed by atoms with van der Waals surface area (Å²) in [6.07, 6.45) is 5.18. The van der Waals surface area contributed by atoms with Gasteiger partial charge in [0.25, 0.3) is 0 Å². The van der Waals surface area contributed by atoms with Gasteiger partial charge in [0.15, 0.2) is 0 Å². The van der Waals surface area contributed by atoms with Gasteiger partial charge in [0.1, 0.15) is 5.69 Å². The van der Waals surface area contributed by atoms with E-state index in [4.69, 9.17) is 5.11 Å². The van der Waals surface area contributed by atoms with Gasteiger partial charge in [0, 0.05) is 24.5 Å². The first-order valence-electron chi connectivity index (χ1n) is 5.64. The van der Waals surface area contributed by atoms with Gasteiger partial charge < -0.3 is 10.0 Å². The topological polar surface area (TPSA) is 53.4 Å². The van der Waals surface area contributed by atoms with Crippen molar-refractivity contribution in [3.05, 3.63) is 24.0 Å². The predicted octanol–water partition coefficient (Wildman–Crippen LogP) is 2.16. The number of hydrogen-bond donors (Lipinski definition) is 1. The number of anilines is 1. The van der Waals surface area contributed by atoms with Crippen LogP contribution in [0, 0.1) is 0 Å². The molecule has 2 heterocycles. The van der Waals surface area contributed by atoms with Crippen molar-refractivity contribution in [2.45, 2.75) is 32.2 Å². The molecule has 0 bridgehead atoms. The highest BCUT2D eigenvalue weighted by atomic mass is 16.4. The van der Waals surface area contributed by atoms with Crippen LogP contribution in [0.4, 0.5) is 5.69 Å². The zero-order valence-corrected chi connectivity index (χ0v) is 9.39. The zero-order chi connectivity index (χ0) is 11.5. The fraction of sp³-hybridized carbons (Fsp3) is 0.500. The van der Waals surface area contributed by atoms with Gasteiger partial charge in [-0.1, -0.05) is 0 Å². The molecule has 86 valence electrons. The minimum atomic E-state index is -0.966. The Morgan fingerprint density at radius 2 is 2.38 bits per heavy atom. The van der Waals surface area contributed by atoms with Crippen LogP contribution in [0.1, 0.15) is 36.7 Å². The first-order chi connectivity index (χ1) is 7.68. The summed E-state index contributed by atoms with van der Waals surface area (Å²) in [5.74, 6) is -0.966. The van der Waals surface area contributed by atoms with Crippen molar-refractivity contribution in [1.82, 2.24) is 4.98 Å². The zero-order valence-electron chi connectivity index (χ0n) is 9.39. The van der Waals surface area contributed by atoms with Crippen LogP contribution in [0.5, 0.6) is 0 Å². The van der Waals surface area contributed by atoms with E-state index in [1.54, 1.807) is 12.3 Å². The van der Waals surface area contributed by atoms with Gasteiger partial charge in [-0.3, -0.25) is 0 Å².